The van der Waals surface area contributed by atoms with Crippen molar-refractivity contribution in [3.05, 3.63) is 125 Å². The fourth-order valence-electron chi connectivity index (χ4n) is 3.45. The quantitative estimate of drug-likeness (QED) is 0.254. The standard InChI is InChI=1S/C28H24N2O6/c1-20-24(26(31)34-17-21-11-5-2-6-12-21)30(28(33)36-19-23-15-9-4-10-16-23)25(29-20)27(32)35-18-22-13-7-3-8-14-22/h2-16H,17-19H2,1H3. The number of carbonyl (C=O) groups is 3. The number of imidazole rings is 1. The van der Waals surface area contributed by atoms with Crippen molar-refractivity contribution in [1.82, 2.24) is 9.55 Å². The van der Waals surface area contributed by atoms with Crippen LogP contribution >= 0.6 is 0 Å². The van der Waals surface area contributed by atoms with Crippen LogP contribution in [0.5, 0.6) is 0 Å². The summed E-state index contributed by atoms with van der Waals surface area (Å²) in [6.07, 6.45) is -0.947. The van der Waals surface area contributed by atoms with Gasteiger partial charge in [-0.15, -0.1) is 0 Å². The molecule has 182 valence electrons. The summed E-state index contributed by atoms with van der Waals surface area (Å²) in [5.74, 6) is -2.06. The van der Waals surface area contributed by atoms with E-state index in [1.165, 1.54) is 6.92 Å². The maximum absolute atomic E-state index is 13.1. The lowest BCUT2D eigenvalue weighted by molar-refractivity contribution is 0.0439. The van der Waals surface area contributed by atoms with Gasteiger partial charge in [-0.2, -0.15) is 0 Å². The van der Waals surface area contributed by atoms with Gasteiger partial charge in [0.05, 0.1) is 5.69 Å². The molecule has 0 saturated heterocycles. The number of aryl methyl sites for hydroxylation is 1. The van der Waals surface area contributed by atoms with Crippen LogP contribution < -0.4 is 0 Å². The molecule has 8 nitrogen and oxygen atoms in total. The van der Waals surface area contributed by atoms with Crippen molar-refractivity contribution in [2.45, 2.75) is 26.7 Å². The second kappa shape index (κ2) is 11.6. The zero-order valence-corrected chi connectivity index (χ0v) is 19.6. The van der Waals surface area contributed by atoms with E-state index in [-0.39, 0.29) is 37.0 Å². The van der Waals surface area contributed by atoms with E-state index in [2.05, 4.69) is 4.98 Å². The molecule has 0 fully saturated rings. The zero-order chi connectivity index (χ0) is 25.3. The van der Waals surface area contributed by atoms with Crippen molar-refractivity contribution in [3.63, 3.8) is 0 Å². The highest BCUT2D eigenvalue weighted by Gasteiger charge is 2.31. The van der Waals surface area contributed by atoms with Crippen molar-refractivity contribution in [3.8, 4) is 0 Å². The van der Waals surface area contributed by atoms with Gasteiger partial charge in [-0.1, -0.05) is 91.0 Å². The average molecular weight is 485 g/mol. The van der Waals surface area contributed by atoms with Crippen molar-refractivity contribution in [2.24, 2.45) is 0 Å². The molecule has 0 unspecified atom stereocenters. The van der Waals surface area contributed by atoms with Gasteiger partial charge < -0.3 is 14.2 Å². The molecule has 0 amide bonds. The van der Waals surface area contributed by atoms with Crippen LogP contribution in [0.1, 0.15) is 43.5 Å². The molecule has 0 radical (unpaired) electrons. The van der Waals surface area contributed by atoms with Crippen LogP contribution in [0.3, 0.4) is 0 Å². The minimum atomic E-state index is -0.947. The second-order valence-corrected chi connectivity index (χ2v) is 7.87. The largest absolute Gasteiger partial charge is 0.456 e. The number of carbonyl (C=O) groups excluding carboxylic acids is 3. The molecule has 0 atom stereocenters. The molecular formula is C28H24N2O6. The summed E-state index contributed by atoms with van der Waals surface area (Å²) >= 11 is 0. The van der Waals surface area contributed by atoms with Gasteiger partial charge in [0.1, 0.15) is 19.8 Å². The van der Waals surface area contributed by atoms with E-state index in [0.29, 0.717) is 0 Å². The first-order valence-electron chi connectivity index (χ1n) is 11.3. The maximum Gasteiger partial charge on any atom is 0.421 e. The first-order chi connectivity index (χ1) is 17.5. The van der Waals surface area contributed by atoms with Crippen LogP contribution in [0, 0.1) is 6.92 Å². The number of hydrogen-bond donors (Lipinski definition) is 0. The molecule has 4 aromatic rings. The van der Waals surface area contributed by atoms with Crippen LogP contribution in [-0.4, -0.2) is 27.6 Å². The van der Waals surface area contributed by atoms with E-state index in [1.807, 2.05) is 54.6 Å². The lowest BCUT2D eigenvalue weighted by atomic mass is 10.2. The molecule has 0 spiro atoms. The van der Waals surface area contributed by atoms with Gasteiger partial charge >= 0.3 is 18.0 Å². The van der Waals surface area contributed by atoms with E-state index in [1.54, 1.807) is 36.4 Å². The highest BCUT2D eigenvalue weighted by molar-refractivity contribution is 5.98. The molecular weight excluding hydrogens is 460 g/mol. The van der Waals surface area contributed by atoms with Gasteiger partial charge in [0.15, 0.2) is 5.69 Å². The Balaban J connectivity index is 1.58. The number of benzene rings is 3. The van der Waals surface area contributed by atoms with E-state index in [0.717, 1.165) is 21.3 Å². The Hall–Kier alpha value is -4.72. The zero-order valence-electron chi connectivity index (χ0n) is 19.6. The van der Waals surface area contributed by atoms with Crippen LogP contribution in [0.15, 0.2) is 91.0 Å². The highest BCUT2D eigenvalue weighted by Crippen LogP contribution is 2.17. The van der Waals surface area contributed by atoms with Crippen LogP contribution in [0.25, 0.3) is 0 Å². The summed E-state index contributed by atoms with van der Waals surface area (Å²) in [6, 6.07) is 27.2. The summed E-state index contributed by atoms with van der Waals surface area (Å²) in [4.78, 5) is 43.2. The SMILES string of the molecule is Cc1nc(C(=O)OCc2ccccc2)n(C(=O)OCc2ccccc2)c1C(=O)OCc1ccccc1. The minimum Gasteiger partial charge on any atom is -0.456 e. The summed E-state index contributed by atoms with van der Waals surface area (Å²) in [6.45, 7) is 1.40. The smallest absolute Gasteiger partial charge is 0.421 e. The van der Waals surface area contributed by atoms with Crippen LogP contribution in [-0.2, 0) is 34.0 Å². The topological polar surface area (TPSA) is 96.7 Å². The molecule has 1 aromatic heterocycles. The Morgan fingerprint density at radius 2 is 1.06 bits per heavy atom. The number of nitrogens with zero attached hydrogens (tertiary/aromatic N) is 2. The van der Waals surface area contributed by atoms with Crippen molar-refractivity contribution < 1.29 is 28.6 Å². The van der Waals surface area contributed by atoms with Crippen molar-refractivity contribution in [1.29, 1.82) is 0 Å². The molecule has 36 heavy (non-hydrogen) atoms. The minimum absolute atomic E-state index is 0.0167. The predicted octanol–water partition coefficient (Wildman–Crippen LogP) is 5.09. The van der Waals surface area contributed by atoms with Gasteiger partial charge in [-0.25, -0.2) is 23.9 Å². The monoisotopic (exact) mass is 484 g/mol. The molecule has 0 saturated carbocycles. The molecule has 0 N–H and O–H groups in total. The highest BCUT2D eigenvalue weighted by atomic mass is 16.6. The second-order valence-electron chi connectivity index (χ2n) is 7.87. The van der Waals surface area contributed by atoms with E-state index >= 15 is 0 Å². The normalized spacial score (nSPS) is 10.5. The number of esters is 2. The summed E-state index contributed by atoms with van der Waals surface area (Å²) in [7, 11) is 0. The van der Waals surface area contributed by atoms with Gasteiger partial charge in [0.25, 0.3) is 0 Å². The van der Waals surface area contributed by atoms with Gasteiger partial charge in [-0.05, 0) is 23.6 Å². The average Bonchev–Trinajstić information content (AvgIpc) is 3.28. The lowest BCUT2D eigenvalue weighted by Gasteiger charge is -2.12. The fraction of sp³-hybridized carbons (Fsp3) is 0.143. The lowest BCUT2D eigenvalue weighted by Crippen LogP contribution is -2.25. The molecule has 8 heteroatoms. The molecule has 4 rings (SSSR count). The molecule has 0 aliphatic carbocycles. The summed E-state index contributed by atoms with van der Waals surface area (Å²) in [5.41, 5.74) is 2.20. The van der Waals surface area contributed by atoms with Gasteiger partial charge in [0, 0.05) is 0 Å². The van der Waals surface area contributed by atoms with E-state index in [4.69, 9.17) is 14.2 Å². The number of rotatable bonds is 8. The van der Waals surface area contributed by atoms with Crippen molar-refractivity contribution >= 4 is 18.0 Å². The third kappa shape index (κ3) is 6.04. The van der Waals surface area contributed by atoms with Gasteiger partial charge in [-0.3, -0.25) is 0 Å². The number of ether oxygens (including phenoxy) is 3. The van der Waals surface area contributed by atoms with Crippen LogP contribution in [0.4, 0.5) is 4.79 Å². The van der Waals surface area contributed by atoms with Crippen LogP contribution in [0.2, 0.25) is 0 Å². The third-order valence-electron chi connectivity index (χ3n) is 5.24. The van der Waals surface area contributed by atoms with E-state index < -0.39 is 18.0 Å². The summed E-state index contributed by atoms with van der Waals surface area (Å²) in [5, 5.41) is 0. The van der Waals surface area contributed by atoms with E-state index in [9.17, 15) is 14.4 Å². The Kier molecular flexibility index (Phi) is 7.87. The summed E-state index contributed by atoms with van der Waals surface area (Å²) < 4.78 is 17.0. The number of hydrogen-bond acceptors (Lipinski definition) is 7. The Morgan fingerprint density at radius 1 is 0.639 bits per heavy atom. The first kappa shape index (κ1) is 24.4. The Labute approximate surface area is 208 Å². The predicted molar refractivity (Wildman–Crippen MR) is 130 cm³/mol. The molecule has 0 aliphatic rings. The maximum atomic E-state index is 13.1. The Bertz CT molecular complexity index is 1330. The third-order valence-corrected chi connectivity index (χ3v) is 5.24. The van der Waals surface area contributed by atoms with Gasteiger partial charge in [0.2, 0.25) is 5.82 Å². The van der Waals surface area contributed by atoms with Crippen molar-refractivity contribution in [2.75, 3.05) is 0 Å². The molecule has 0 aliphatic heterocycles. The fourth-order valence-corrected chi connectivity index (χ4v) is 3.45. The molecule has 3 aromatic carbocycles. The Morgan fingerprint density at radius 3 is 1.53 bits per heavy atom. The number of aromatic nitrogens is 2. The first-order valence-corrected chi connectivity index (χ1v) is 11.3. The molecule has 0 bridgehead atoms. The molecule has 1 heterocycles.